The topological polar surface area (TPSA) is 95.8 Å². The quantitative estimate of drug-likeness (QED) is 0.804. The number of rotatable bonds is 2. The van der Waals surface area contributed by atoms with Crippen LogP contribution in [0.5, 0.6) is 0 Å². The molecule has 0 aliphatic carbocycles. The zero-order chi connectivity index (χ0) is 13.9. The molecular weight excluding hydrogens is 254 g/mol. The summed E-state index contributed by atoms with van der Waals surface area (Å²) in [7, 11) is 0. The highest BCUT2D eigenvalue weighted by molar-refractivity contribution is 5.67. The molecule has 0 atom stereocenters. The van der Waals surface area contributed by atoms with Crippen LogP contribution in [0.15, 0.2) is 24.5 Å². The van der Waals surface area contributed by atoms with Gasteiger partial charge in [0.05, 0.1) is 5.69 Å². The number of nitrogen functional groups attached to an aromatic ring is 1. The summed E-state index contributed by atoms with van der Waals surface area (Å²) in [6.45, 7) is 3.41. The summed E-state index contributed by atoms with van der Waals surface area (Å²) in [5.41, 5.74) is 7.30. The van der Waals surface area contributed by atoms with Gasteiger partial charge in [-0.25, -0.2) is 4.68 Å². The van der Waals surface area contributed by atoms with E-state index in [2.05, 4.69) is 26.4 Å². The van der Waals surface area contributed by atoms with Crippen molar-refractivity contribution in [1.29, 1.82) is 5.26 Å². The number of pyridine rings is 1. The highest BCUT2D eigenvalue weighted by Crippen LogP contribution is 2.26. The molecule has 0 bridgehead atoms. The molecule has 7 heteroatoms. The number of piperazine rings is 1. The van der Waals surface area contributed by atoms with Gasteiger partial charge in [-0.3, -0.25) is 4.98 Å². The summed E-state index contributed by atoms with van der Waals surface area (Å²) in [5.74, 6) is 1.02. The highest BCUT2D eigenvalue weighted by atomic mass is 15.4. The van der Waals surface area contributed by atoms with Gasteiger partial charge in [0, 0.05) is 38.6 Å². The lowest BCUT2D eigenvalue weighted by Gasteiger charge is -2.27. The molecule has 0 saturated carbocycles. The first kappa shape index (κ1) is 12.4. The molecular formula is C13H15N7. The first-order valence-corrected chi connectivity index (χ1v) is 6.46. The first-order valence-electron chi connectivity index (χ1n) is 6.46. The van der Waals surface area contributed by atoms with E-state index in [1.807, 2.05) is 12.1 Å². The van der Waals surface area contributed by atoms with E-state index in [4.69, 9.17) is 5.73 Å². The average Bonchev–Trinajstić information content (AvgIpc) is 2.86. The number of nitrogens with one attached hydrogen (secondary N) is 1. The lowest BCUT2D eigenvalue weighted by Crippen LogP contribution is -2.44. The minimum atomic E-state index is 0.368. The fourth-order valence-corrected chi connectivity index (χ4v) is 2.31. The molecule has 20 heavy (non-hydrogen) atoms. The van der Waals surface area contributed by atoms with Gasteiger partial charge < -0.3 is 16.0 Å². The molecule has 0 unspecified atom stereocenters. The Balaban J connectivity index is 2.05. The van der Waals surface area contributed by atoms with Crippen molar-refractivity contribution >= 4 is 11.6 Å². The van der Waals surface area contributed by atoms with Crippen LogP contribution in [-0.2, 0) is 0 Å². The first-order chi connectivity index (χ1) is 9.81. The standard InChI is InChI=1S/C13H15N7/c14-9-11-12(15)20(10-1-3-16-4-2-10)18-13(11)19-7-5-17-6-8-19/h1-4,17H,5-8,15H2. The number of nitriles is 1. The predicted molar refractivity (Wildman–Crippen MR) is 75.6 cm³/mol. The average molecular weight is 269 g/mol. The number of aromatic nitrogens is 3. The Morgan fingerprint density at radius 1 is 1.25 bits per heavy atom. The Morgan fingerprint density at radius 2 is 1.95 bits per heavy atom. The van der Waals surface area contributed by atoms with Crippen molar-refractivity contribution in [2.24, 2.45) is 0 Å². The van der Waals surface area contributed by atoms with Crippen molar-refractivity contribution in [2.75, 3.05) is 36.8 Å². The number of hydrogen-bond acceptors (Lipinski definition) is 6. The van der Waals surface area contributed by atoms with Crippen molar-refractivity contribution in [3.63, 3.8) is 0 Å². The molecule has 1 aliphatic heterocycles. The largest absolute Gasteiger partial charge is 0.382 e. The Labute approximate surface area is 116 Å². The molecule has 2 aromatic rings. The van der Waals surface area contributed by atoms with Gasteiger partial charge in [-0.2, -0.15) is 5.26 Å². The van der Waals surface area contributed by atoms with Gasteiger partial charge in [0.15, 0.2) is 5.82 Å². The number of nitrogens with two attached hydrogens (primary N) is 1. The van der Waals surface area contributed by atoms with Crippen LogP contribution >= 0.6 is 0 Å². The van der Waals surface area contributed by atoms with Gasteiger partial charge >= 0.3 is 0 Å². The van der Waals surface area contributed by atoms with E-state index >= 15 is 0 Å². The Kier molecular flexibility index (Phi) is 3.23. The van der Waals surface area contributed by atoms with Gasteiger partial charge in [0.1, 0.15) is 17.5 Å². The van der Waals surface area contributed by atoms with Crippen LogP contribution in [0, 0.1) is 11.3 Å². The lowest BCUT2D eigenvalue weighted by molar-refractivity contribution is 0.583. The predicted octanol–water partition coefficient (Wildman–Crippen LogP) is 0.131. The molecule has 102 valence electrons. The number of nitrogens with zero attached hydrogens (tertiary/aromatic N) is 5. The second kappa shape index (κ2) is 5.19. The SMILES string of the molecule is N#Cc1c(N2CCNCC2)nn(-c2ccncc2)c1N. The fraction of sp³-hybridized carbons (Fsp3) is 0.308. The molecule has 0 radical (unpaired) electrons. The maximum absolute atomic E-state index is 9.35. The molecule has 7 nitrogen and oxygen atoms in total. The number of anilines is 2. The normalized spacial score (nSPS) is 15.1. The van der Waals surface area contributed by atoms with E-state index in [0.717, 1.165) is 31.9 Å². The van der Waals surface area contributed by atoms with Crippen molar-refractivity contribution in [2.45, 2.75) is 0 Å². The second-order valence-corrected chi connectivity index (χ2v) is 4.55. The monoisotopic (exact) mass is 269 g/mol. The van der Waals surface area contributed by atoms with Gasteiger partial charge in [-0.05, 0) is 12.1 Å². The van der Waals surface area contributed by atoms with Crippen molar-refractivity contribution in [1.82, 2.24) is 20.1 Å². The van der Waals surface area contributed by atoms with Crippen LogP contribution in [0.25, 0.3) is 5.69 Å². The van der Waals surface area contributed by atoms with Crippen LogP contribution in [0.4, 0.5) is 11.6 Å². The smallest absolute Gasteiger partial charge is 0.171 e. The molecule has 0 amide bonds. The Morgan fingerprint density at radius 3 is 2.60 bits per heavy atom. The summed E-state index contributed by atoms with van der Waals surface area (Å²) < 4.78 is 1.59. The summed E-state index contributed by atoms with van der Waals surface area (Å²) in [6, 6.07) is 5.79. The Hall–Kier alpha value is -2.59. The minimum absolute atomic E-state index is 0.368. The lowest BCUT2D eigenvalue weighted by atomic mass is 10.2. The summed E-state index contributed by atoms with van der Waals surface area (Å²) in [5, 5.41) is 17.1. The summed E-state index contributed by atoms with van der Waals surface area (Å²) in [6.07, 6.45) is 3.35. The molecule has 1 fully saturated rings. The molecule has 1 saturated heterocycles. The van der Waals surface area contributed by atoms with Crippen LogP contribution < -0.4 is 16.0 Å². The molecule has 3 rings (SSSR count). The zero-order valence-corrected chi connectivity index (χ0v) is 11.0. The molecule has 2 aromatic heterocycles. The maximum atomic E-state index is 9.35. The zero-order valence-electron chi connectivity index (χ0n) is 11.0. The van der Waals surface area contributed by atoms with E-state index < -0.39 is 0 Å². The van der Waals surface area contributed by atoms with Crippen molar-refractivity contribution in [3.05, 3.63) is 30.1 Å². The van der Waals surface area contributed by atoms with E-state index in [1.165, 1.54) is 0 Å². The number of hydrogen-bond donors (Lipinski definition) is 2. The van der Waals surface area contributed by atoms with Crippen molar-refractivity contribution < 1.29 is 0 Å². The molecule has 0 aromatic carbocycles. The third-order valence-corrected chi connectivity index (χ3v) is 3.34. The third-order valence-electron chi connectivity index (χ3n) is 3.34. The van der Waals surface area contributed by atoms with Gasteiger partial charge in [-0.15, -0.1) is 5.10 Å². The van der Waals surface area contributed by atoms with Crippen LogP contribution in [0.1, 0.15) is 5.56 Å². The van der Waals surface area contributed by atoms with Gasteiger partial charge in [-0.1, -0.05) is 0 Å². The van der Waals surface area contributed by atoms with Crippen LogP contribution in [-0.4, -0.2) is 40.9 Å². The van der Waals surface area contributed by atoms with E-state index in [1.54, 1.807) is 17.1 Å². The highest BCUT2D eigenvalue weighted by Gasteiger charge is 2.22. The minimum Gasteiger partial charge on any atom is -0.382 e. The molecule has 3 heterocycles. The molecule has 0 spiro atoms. The fourth-order valence-electron chi connectivity index (χ4n) is 2.31. The third kappa shape index (κ3) is 2.06. The molecule has 1 aliphatic rings. The maximum Gasteiger partial charge on any atom is 0.171 e. The van der Waals surface area contributed by atoms with E-state index in [-0.39, 0.29) is 0 Å². The van der Waals surface area contributed by atoms with Crippen molar-refractivity contribution in [3.8, 4) is 11.8 Å². The van der Waals surface area contributed by atoms with E-state index in [9.17, 15) is 5.26 Å². The van der Waals surface area contributed by atoms with Gasteiger partial charge in [0.2, 0.25) is 0 Å². The summed E-state index contributed by atoms with van der Waals surface area (Å²) in [4.78, 5) is 6.06. The van der Waals surface area contributed by atoms with Crippen LogP contribution in [0.3, 0.4) is 0 Å². The Bertz CT molecular complexity index is 635. The van der Waals surface area contributed by atoms with E-state index in [0.29, 0.717) is 17.2 Å². The van der Waals surface area contributed by atoms with Gasteiger partial charge in [0.25, 0.3) is 0 Å². The van der Waals surface area contributed by atoms with Crippen LogP contribution in [0.2, 0.25) is 0 Å². The second-order valence-electron chi connectivity index (χ2n) is 4.55. The summed E-state index contributed by atoms with van der Waals surface area (Å²) >= 11 is 0. The molecule has 3 N–H and O–H groups in total.